The number of ether oxygens (including phenoxy) is 2. The highest BCUT2D eigenvalue weighted by molar-refractivity contribution is 5.79. The number of benzene rings is 1. The Labute approximate surface area is 188 Å². The largest absolute Gasteiger partial charge is 0.497 e. The lowest BCUT2D eigenvalue weighted by Gasteiger charge is -2.41. The van der Waals surface area contributed by atoms with Gasteiger partial charge in [-0.05, 0) is 63.4 Å². The Morgan fingerprint density at radius 2 is 1.77 bits per heavy atom. The van der Waals surface area contributed by atoms with Crippen molar-refractivity contribution in [2.75, 3.05) is 66.6 Å². The molecule has 0 aromatic heterocycles. The molecule has 3 rings (SSSR count). The number of piperidine rings is 1. The molecule has 2 fully saturated rings. The molecule has 2 N–H and O–H groups in total. The third-order valence-corrected chi connectivity index (χ3v) is 6.61. The predicted molar refractivity (Wildman–Crippen MR) is 127 cm³/mol. The van der Waals surface area contributed by atoms with Gasteiger partial charge in [0.15, 0.2) is 5.96 Å². The maximum absolute atomic E-state index is 5.49. The van der Waals surface area contributed by atoms with Gasteiger partial charge in [0.1, 0.15) is 5.75 Å². The van der Waals surface area contributed by atoms with Gasteiger partial charge in [-0.3, -0.25) is 14.8 Å². The number of nitrogens with zero attached hydrogens (tertiary/aromatic N) is 3. The van der Waals surface area contributed by atoms with Gasteiger partial charge in [0, 0.05) is 45.3 Å². The van der Waals surface area contributed by atoms with E-state index in [1.54, 1.807) is 7.11 Å². The lowest BCUT2D eigenvalue weighted by Crippen LogP contribution is -2.56. The highest BCUT2D eigenvalue weighted by atomic mass is 16.5. The van der Waals surface area contributed by atoms with Crippen LogP contribution in [0.3, 0.4) is 0 Å². The number of aliphatic imine (C=N–C) groups is 1. The number of likely N-dealkylation sites (tertiary alicyclic amines) is 1. The predicted octanol–water partition coefficient (Wildman–Crippen LogP) is 2.18. The lowest BCUT2D eigenvalue weighted by molar-refractivity contribution is -0.00834. The SMILES string of the molecule is CN=C(NCC1CCN(Cc2ccc(OC)cc2)CC1)NCC(C)(C)N1CCOCC1. The van der Waals surface area contributed by atoms with Crippen molar-refractivity contribution in [2.24, 2.45) is 10.9 Å². The molecule has 0 unspecified atom stereocenters. The zero-order chi connectivity index (χ0) is 22.1. The van der Waals surface area contributed by atoms with Crippen molar-refractivity contribution in [3.63, 3.8) is 0 Å². The van der Waals surface area contributed by atoms with Gasteiger partial charge in [0.05, 0.1) is 20.3 Å². The summed E-state index contributed by atoms with van der Waals surface area (Å²) in [6.45, 7) is 13.4. The quantitative estimate of drug-likeness (QED) is 0.486. The van der Waals surface area contributed by atoms with E-state index >= 15 is 0 Å². The Morgan fingerprint density at radius 3 is 2.39 bits per heavy atom. The van der Waals surface area contributed by atoms with E-state index in [9.17, 15) is 0 Å². The summed E-state index contributed by atoms with van der Waals surface area (Å²) in [6.07, 6.45) is 2.44. The maximum atomic E-state index is 5.49. The van der Waals surface area contributed by atoms with Gasteiger partial charge >= 0.3 is 0 Å². The first-order valence-corrected chi connectivity index (χ1v) is 11.6. The van der Waals surface area contributed by atoms with Gasteiger partial charge in [-0.2, -0.15) is 0 Å². The van der Waals surface area contributed by atoms with Gasteiger partial charge in [-0.1, -0.05) is 12.1 Å². The van der Waals surface area contributed by atoms with Gasteiger partial charge < -0.3 is 20.1 Å². The van der Waals surface area contributed by atoms with Crippen molar-refractivity contribution in [3.05, 3.63) is 29.8 Å². The van der Waals surface area contributed by atoms with Crippen molar-refractivity contribution >= 4 is 5.96 Å². The van der Waals surface area contributed by atoms with E-state index < -0.39 is 0 Å². The number of hydrogen-bond donors (Lipinski definition) is 2. The second kappa shape index (κ2) is 11.7. The molecule has 174 valence electrons. The molecule has 0 spiro atoms. The summed E-state index contributed by atoms with van der Waals surface area (Å²) in [5.74, 6) is 2.52. The van der Waals surface area contributed by atoms with Crippen molar-refractivity contribution in [3.8, 4) is 5.75 Å². The molecule has 0 atom stereocenters. The summed E-state index contributed by atoms with van der Waals surface area (Å²) in [5.41, 5.74) is 1.43. The van der Waals surface area contributed by atoms with Gasteiger partial charge in [0.2, 0.25) is 0 Å². The van der Waals surface area contributed by atoms with Crippen LogP contribution in [0.15, 0.2) is 29.3 Å². The Kier molecular flexibility index (Phi) is 8.99. The van der Waals surface area contributed by atoms with Crippen LogP contribution in [0.25, 0.3) is 0 Å². The minimum absolute atomic E-state index is 0.0776. The van der Waals surface area contributed by atoms with Crippen molar-refractivity contribution in [2.45, 2.75) is 38.8 Å². The third kappa shape index (κ3) is 7.37. The Bertz CT molecular complexity index is 678. The molecule has 0 radical (unpaired) electrons. The molecule has 0 saturated carbocycles. The zero-order valence-electron chi connectivity index (χ0n) is 19.8. The molecule has 2 heterocycles. The van der Waals surface area contributed by atoms with E-state index in [0.29, 0.717) is 5.92 Å². The molecule has 1 aromatic rings. The summed E-state index contributed by atoms with van der Waals surface area (Å²) in [5, 5.41) is 7.09. The van der Waals surface area contributed by atoms with E-state index in [0.717, 1.165) is 70.7 Å². The van der Waals surface area contributed by atoms with E-state index in [4.69, 9.17) is 9.47 Å². The fraction of sp³-hybridized carbons (Fsp3) is 0.708. The first-order valence-electron chi connectivity index (χ1n) is 11.6. The molecule has 31 heavy (non-hydrogen) atoms. The van der Waals surface area contributed by atoms with Crippen molar-refractivity contribution < 1.29 is 9.47 Å². The molecule has 2 saturated heterocycles. The molecular formula is C24H41N5O2. The van der Waals surface area contributed by atoms with Crippen LogP contribution in [-0.2, 0) is 11.3 Å². The summed E-state index contributed by atoms with van der Waals surface area (Å²) in [6, 6.07) is 8.43. The number of nitrogens with one attached hydrogen (secondary N) is 2. The molecule has 0 amide bonds. The zero-order valence-corrected chi connectivity index (χ0v) is 19.8. The highest BCUT2D eigenvalue weighted by Crippen LogP contribution is 2.20. The normalized spacial score (nSPS) is 19.9. The van der Waals surface area contributed by atoms with Crippen LogP contribution in [-0.4, -0.2) is 87.9 Å². The first kappa shape index (κ1) is 23.8. The van der Waals surface area contributed by atoms with Gasteiger partial charge in [0.25, 0.3) is 0 Å². The van der Waals surface area contributed by atoms with E-state index in [2.05, 4.69) is 51.4 Å². The van der Waals surface area contributed by atoms with Gasteiger partial charge in [-0.25, -0.2) is 0 Å². The smallest absolute Gasteiger partial charge is 0.191 e. The third-order valence-electron chi connectivity index (χ3n) is 6.61. The molecule has 0 bridgehead atoms. The average Bonchev–Trinajstić information content (AvgIpc) is 2.81. The lowest BCUT2D eigenvalue weighted by atomic mass is 9.96. The van der Waals surface area contributed by atoms with Crippen LogP contribution < -0.4 is 15.4 Å². The molecule has 7 heteroatoms. The average molecular weight is 432 g/mol. The second-order valence-electron chi connectivity index (χ2n) is 9.29. The molecule has 1 aromatic carbocycles. The number of guanidine groups is 1. The van der Waals surface area contributed by atoms with Crippen LogP contribution in [0, 0.1) is 5.92 Å². The minimum Gasteiger partial charge on any atom is -0.497 e. The standard InChI is InChI=1S/C24H41N5O2/c1-24(2,29-13-15-31-16-14-29)19-27-23(25-3)26-17-20-9-11-28(12-10-20)18-21-5-7-22(30-4)8-6-21/h5-8,20H,9-19H2,1-4H3,(H2,25,26,27). The Morgan fingerprint density at radius 1 is 1.10 bits per heavy atom. The Balaban J connectivity index is 1.35. The monoisotopic (exact) mass is 431 g/mol. The molecule has 2 aliphatic heterocycles. The van der Waals surface area contributed by atoms with Gasteiger partial charge in [-0.15, -0.1) is 0 Å². The van der Waals surface area contributed by atoms with E-state index in [1.165, 1.54) is 18.4 Å². The van der Waals surface area contributed by atoms with E-state index in [1.807, 2.05) is 19.2 Å². The number of hydrogen-bond acceptors (Lipinski definition) is 5. The second-order valence-corrected chi connectivity index (χ2v) is 9.29. The van der Waals surface area contributed by atoms with Crippen LogP contribution in [0.2, 0.25) is 0 Å². The van der Waals surface area contributed by atoms with Crippen molar-refractivity contribution in [1.82, 2.24) is 20.4 Å². The van der Waals surface area contributed by atoms with Crippen LogP contribution in [0.5, 0.6) is 5.75 Å². The summed E-state index contributed by atoms with van der Waals surface area (Å²) < 4.78 is 10.7. The van der Waals surface area contributed by atoms with Crippen molar-refractivity contribution in [1.29, 1.82) is 0 Å². The molecule has 2 aliphatic rings. The fourth-order valence-electron chi connectivity index (χ4n) is 4.38. The van der Waals surface area contributed by atoms with Crippen LogP contribution in [0.4, 0.5) is 0 Å². The molecule has 7 nitrogen and oxygen atoms in total. The Hall–Kier alpha value is -1.83. The highest BCUT2D eigenvalue weighted by Gasteiger charge is 2.28. The summed E-state index contributed by atoms with van der Waals surface area (Å²) in [4.78, 5) is 9.48. The summed E-state index contributed by atoms with van der Waals surface area (Å²) in [7, 11) is 3.57. The number of rotatable bonds is 8. The van der Waals surface area contributed by atoms with Crippen LogP contribution in [0.1, 0.15) is 32.3 Å². The topological polar surface area (TPSA) is 61.4 Å². The number of morpholine rings is 1. The molecule has 0 aliphatic carbocycles. The minimum atomic E-state index is 0.0776. The van der Waals surface area contributed by atoms with Crippen LogP contribution >= 0.6 is 0 Å². The molecular weight excluding hydrogens is 390 g/mol. The first-order chi connectivity index (χ1) is 15.0. The van der Waals surface area contributed by atoms with E-state index in [-0.39, 0.29) is 5.54 Å². The fourth-order valence-corrected chi connectivity index (χ4v) is 4.38. The summed E-state index contributed by atoms with van der Waals surface area (Å²) >= 11 is 0. The maximum Gasteiger partial charge on any atom is 0.191 e. The number of methoxy groups -OCH3 is 1.